The van der Waals surface area contributed by atoms with Gasteiger partial charge in [0.15, 0.2) is 0 Å². The molecule has 1 aromatic heterocycles. The third-order valence-electron chi connectivity index (χ3n) is 5.21. The van der Waals surface area contributed by atoms with Crippen LogP contribution in [0.25, 0.3) is 0 Å². The number of fused-ring (bicyclic) bond motifs is 1. The summed E-state index contributed by atoms with van der Waals surface area (Å²) in [7, 11) is -3.56. The van der Waals surface area contributed by atoms with Gasteiger partial charge in [-0.25, -0.2) is 8.42 Å². The summed E-state index contributed by atoms with van der Waals surface area (Å²) in [6.45, 7) is 5.06. The lowest BCUT2D eigenvalue weighted by Gasteiger charge is -2.26. The summed E-state index contributed by atoms with van der Waals surface area (Å²) in [4.78, 5) is 15.2. The molecule has 0 saturated carbocycles. The molecule has 0 aliphatic carbocycles. The standard InChI is InChI=1S/C18H24N4O4S/c23-18-16-6-7-21(27(24,25)15-4-2-1-3-5-15)14-17(16)19-22(18)9-8-20-10-12-26-13-11-20/h1-5,19H,6-14H2. The van der Waals surface area contributed by atoms with Crippen molar-refractivity contribution in [3.8, 4) is 0 Å². The number of nitrogens with one attached hydrogen (secondary N) is 1. The van der Waals surface area contributed by atoms with Gasteiger partial charge in [0, 0.05) is 31.7 Å². The number of morpholine rings is 1. The Bertz CT molecular complexity index is 945. The molecule has 1 saturated heterocycles. The van der Waals surface area contributed by atoms with Crippen molar-refractivity contribution >= 4 is 10.0 Å². The van der Waals surface area contributed by atoms with Crippen molar-refractivity contribution in [2.24, 2.45) is 0 Å². The third kappa shape index (κ3) is 3.73. The predicted molar refractivity (Wildman–Crippen MR) is 100 cm³/mol. The van der Waals surface area contributed by atoms with Gasteiger partial charge >= 0.3 is 0 Å². The Morgan fingerprint density at radius 1 is 1.04 bits per heavy atom. The van der Waals surface area contributed by atoms with Gasteiger partial charge in [0.25, 0.3) is 5.56 Å². The molecule has 9 heteroatoms. The van der Waals surface area contributed by atoms with Crippen LogP contribution in [-0.4, -0.2) is 66.8 Å². The topological polar surface area (TPSA) is 87.6 Å². The van der Waals surface area contributed by atoms with E-state index in [0.717, 1.165) is 32.8 Å². The molecule has 1 aromatic carbocycles. The molecule has 8 nitrogen and oxygen atoms in total. The van der Waals surface area contributed by atoms with Crippen LogP contribution < -0.4 is 5.56 Å². The van der Waals surface area contributed by atoms with E-state index in [1.165, 1.54) is 4.31 Å². The summed E-state index contributed by atoms with van der Waals surface area (Å²) in [5.41, 5.74) is 1.37. The number of hydrogen-bond donors (Lipinski definition) is 1. The van der Waals surface area contributed by atoms with Crippen LogP contribution in [0.1, 0.15) is 11.3 Å². The van der Waals surface area contributed by atoms with Gasteiger partial charge in [-0.15, -0.1) is 0 Å². The Balaban J connectivity index is 1.49. The quantitative estimate of drug-likeness (QED) is 0.789. The Kier molecular flexibility index (Phi) is 5.18. The zero-order chi connectivity index (χ0) is 18.9. The fraction of sp³-hybridized carbons (Fsp3) is 0.500. The van der Waals surface area contributed by atoms with Crippen LogP contribution in [0.15, 0.2) is 40.0 Å². The van der Waals surface area contributed by atoms with E-state index in [-0.39, 0.29) is 17.0 Å². The second-order valence-electron chi connectivity index (χ2n) is 6.88. The summed E-state index contributed by atoms with van der Waals surface area (Å²) in [5.74, 6) is 0. The van der Waals surface area contributed by atoms with Crippen LogP contribution in [0.5, 0.6) is 0 Å². The SMILES string of the molecule is O=c1c2c([nH]n1CCN1CCOCC1)CN(S(=O)(=O)c1ccccc1)CC2. The van der Waals surface area contributed by atoms with E-state index in [9.17, 15) is 13.2 Å². The van der Waals surface area contributed by atoms with Crippen molar-refractivity contribution < 1.29 is 13.2 Å². The maximum atomic E-state index is 12.8. The molecule has 27 heavy (non-hydrogen) atoms. The number of ether oxygens (including phenoxy) is 1. The minimum Gasteiger partial charge on any atom is -0.379 e. The van der Waals surface area contributed by atoms with E-state index in [4.69, 9.17) is 4.74 Å². The van der Waals surface area contributed by atoms with Crippen LogP contribution in [-0.2, 0) is 34.3 Å². The first-order chi connectivity index (χ1) is 13.1. The number of aromatic amines is 1. The first kappa shape index (κ1) is 18.4. The molecular formula is C18H24N4O4S. The highest BCUT2D eigenvalue weighted by atomic mass is 32.2. The molecule has 0 amide bonds. The normalized spacial score (nSPS) is 19.1. The highest BCUT2D eigenvalue weighted by Gasteiger charge is 2.31. The maximum absolute atomic E-state index is 12.8. The molecule has 2 aliphatic rings. The number of benzene rings is 1. The van der Waals surface area contributed by atoms with Gasteiger partial charge in [0.05, 0.1) is 36.9 Å². The largest absolute Gasteiger partial charge is 0.379 e. The number of H-pyrrole nitrogens is 1. The highest BCUT2D eigenvalue weighted by Crippen LogP contribution is 2.22. The summed E-state index contributed by atoms with van der Waals surface area (Å²) < 4.78 is 34.0. The summed E-state index contributed by atoms with van der Waals surface area (Å²) in [6.07, 6.45) is 0.432. The number of aromatic nitrogens is 2. The number of sulfonamides is 1. The van der Waals surface area contributed by atoms with E-state index >= 15 is 0 Å². The van der Waals surface area contributed by atoms with Crippen molar-refractivity contribution in [3.05, 3.63) is 51.9 Å². The van der Waals surface area contributed by atoms with Gasteiger partial charge in [0.2, 0.25) is 10.0 Å². The minimum atomic E-state index is -3.56. The first-order valence-corrected chi connectivity index (χ1v) is 10.7. The van der Waals surface area contributed by atoms with Crippen LogP contribution >= 0.6 is 0 Å². The fourth-order valence-corrected chi connectivity index (χ4v) is 5.05. The summed E-state index contributed by atoms with van der Waals surface area (Å²) in [5, 5.41) is 3.14. The smallest absolute Gasteiger partial charge is 0.270 e. The molecule has 1 N–H and O–H groups in total. The van der Waals surface area contributed by atoms with Crippen molar-refractivity contribution in [3.63, 3.8) is 0 Å². The Labute approximate surface area is 158 Å². The minimum absolute atomic E-state index is 0.0324. The monoisotopic (exact) mass is 392 g/mol. The molecule has 0 spiro atoms. The van der Waals surface area contributed by atoms with Gasteiger partial charge in [-0.3, -0.25) is 19.5 Å². The van der Waals surface area contributed by atoms with Crippen molar-refractivity contribution in [1.29, 1.82) is 0 Å². The molecule has 2 aliphatic heterocycles. The average molecular weight is 392 g/mol. The maximum Gasteiger partial charge on any atom is 0.270 e. The van der Waals surface area contributed by atoms with Gasteiger partial charge in [0.1, 0.15) is 0 Å². The van der Waals surface area contributed by atoms with Crippen LogP contribution in [0, 0.1) is 0 Å². The number of nitrogens with zero attached hydrogens (tertiary/aromatic N) is 3. The molecule has 0 unspecified atom stereocenters. The number of rotatable bonds is 5. The third-order valence-corrected chi connectivity index (χ3v) is 7.07. The lowest BCUT2D eigenvalue weighted by Crippen LogP contribution is -2.39. The first-order valence-electron chi connectivity index (χ1n) is 9.21. The van der Waals surface area contributed by atoms with E-state index in [1.807, 2.05) is 0 Å². The van der Waals surface area contributed by atoms with Gasteiger partial charge in [-0.05, 0) is 18.6 Å². The fourth-order valence-electron chi connectivity index (χ4n) is 3.62. The van der Waals surface area contributed by atoms with Crippen molar-refractivity contribution in [1.82, 2.24) is 19.0 Å². The van der Waals surface area contributed by atoms with Crippen molar-refractivity contribution in [2.75, 3.05) is 39.4 Å². The highest BCUT2D eigenvalue weighted by molar-refractivity contribution is 7.89. The van der Waals surface area contributed by atoms with Crippen molar-refractivity contribution in [2.45, 2.75) is 24.4 Å². The predicted octanol–water partition coefficient (Wildman–Crippen LogP) is 0.256. The van der Waals surface area contributed by atoms with Crippen LogP contribution in [0.4, 0.5) is 0 Å². The molecule has 0 radical (unpaired) electrons. The molecule has 4 rings (SSSR count). The average Bonchev–Trinajstić information content (AvgIpc) is 3.03. The summed E-state index contributed by atoms with van der Waals surface area (Å²) in [6, 6.07) is 8.42. The zero-order valence-corrected chi connectivity index (χ0v) is 16.0. The molecule has 1 fully saturated rings. The van der Waals surface area contributed by atoms with E-state index in [1.54, 1.807) is 35.0 Å². The summed E-state index contributed by atoms with van der Waals surface area (Å²) >= 11 is 0. The molecular weight excluding hydrogens is 368 g/mol. The molecule has 0 bridgehead atoms. The van der Waals surface area contributed by atoms with Gasteiger partial charge in [-0.1, -0.05) is 18.2 Å². The zero-order valence-electron chi connectivity index (χ0n) is 15.1. The second kappa shape index (κ2) is 7.59. The molecule has 2 aromatic rings. The van der Waals surface area contributed by atoms with E-state index < -0.39 is 10.0 Å². The molecule has 0 atom stereocenters. The number of hydrogen-bond acceptors (Lipinski definition) is 5. The van der Waals surface area contributed by atoms with Crippen LogP contribution in [0.2, 0.25) is 0 Å². The lowest BCUT2D eigenvalue weighted by atomic mass is 10.1. The molecule has 146 valence electrons. The Hall–Kier alpha value is -1.94. The van der Waals surface area contributed by atoms with Gasteiger partial charge < -0.3 is 4.74 Å². The van der Waals surface area contributed by atoms with Crippen LogP contribution in [0.3, 0.4) is 0 Å². The van der Waals surface area contributed by atoms with E-state index in [2.05, 4.69) is 10.00 Å². The Morgan fingerprint density at radius 3 is 2.52 bits per heavy atom. The Morgan fingerprint density at radius 2 is 1.78 bits per heavy atom. The second-order valence-corrected chi connectivity index (χ2v) is 8.82. The van der Waals surface area contributed by atoms with Gasteiger partial charge in [-0.2, -0.15) is 4.31 Å². The van der Waals surface area contributed by atoms with E-state index in [0.29, 0.717) is 30.8 Å². The molecule has 3 heterocycles. The lowest BCUT2D eigenvalue weighted by molar-refractivity contribution is 0.0358.